The standard InChI is InChI=1S/C12H20N4O2/c1-16-9-14-11(15-16)8-13-10-2-4-12(5-3-10)17-6-7-18-12/h9-10,13H,2-8H2,1H3. The molecule has 1 saturated carbocycles. The van der Waals surface area contributed by atoms with Crippen molar-refractivity contribution >= 4 is 0 Å². The molecule has 1 saturated heterocycles. The average molecular weight is 252 g/mol. The Hall–Kier alpha value is -0.980. The Labute approximate surface area is 107 Å². The SMILES string of the molecule is Cn1cnc(CNC2CCC3(CC2)OCCO3)n1. The van der Waals surface area contributed by atoms with Gasteiger partial charge in [0, 0.05) is 25.9 Å². The van der Waals surface area contributed by atoms with Crippen LogP contribution < -0.4 is 5.32 Å². The van der Waals surface area contributed by atoms with Gasteiger partial charge in [0.1, 0.15) is 6.33 Å². The third-order valence-electron chi connectivity index (χ3n) is 3.76. The highest BCUT2D eigenvalue weighted by atomic mass is 16.7. The molecule has 18 heavy (non-hydrogen) atoms. The van der Waals surface area contributed by atoms with Gasteiger partial charge in [-0.25, -0.2) is 4.98 Å². The second kappa shape index (κ2) is 4.95. The Morgan fingerprint density at radius 1 is 1.39 bits per heavy atom. The van der Waals surface area contributed by atoms with Gasteiger partial charge in [0.2, 0.25) is 0 Å². The normalized spacial score (nSPS) is 23.8. The van der Waals surface area contributed by atoms with Crippen LogP contribution in [0.3, 0.4) is 0 Å². The molecule has 2 fully saturated rings. The van der Waals surface area contributed by atoms with E-state index in [9.17, 15) is 0 Å². The molecule has 1 aromatic heterocycles. The summed E-state index contributed by atoms with van der Waals surface area (Å²) in [6.07, 6.45) is 5.88. The van der Waals surface area contributed by atoms with Crippen molar-refractivity contribution in [3.63, 3.8) is 0 Å². The van der Waals surface area contributed by atoms with Gasteiger partial charge in [-0.05, 0) is 12.8 Å². The number of rotatable bonds is 3. The highest BCUT2D eigenvalue weighted by molar-refractivity contribution is 4.87. The van der Waals surface area contributed by atoms with Crippen molar-refractivity contribution in [2.75, 3.05) is 13.2 Å². The molecule has 1 N–H and O–H groups in total. The lowest BCUT2D eigenvalue weighted by molar-refractivity contribution is -0.179. The van der Waals surface area contributed by atoms with Gasteiger partial charge >= 0.3 is 0 Å². The monoisotopic (exact) mass is 252 g/mol. The van der Waals surface area contributed by atoms with Crippen molar-refractivity contribution in [3.8, 4) is 0 Å². The number of aromatic nitrogens is 3. The zero-order chi connectivity index (χ0) is 12.4. The third-order valence-corrected chi connectivity index (χ3v) is 3.76. The quantitative estimate of drug-likeness (QED) is 0.853. The van der Waals surface area contributed by atoms with Gasteiger partial charge in [-0.3, -0.25) is 4.68 Å². The summed E-state index contributed by atoms with van der Waals surface area (Å²) in [4.78, 5) is 4.21. The Morgan fingerprint density at radius 3 is 2.72 bits per heavy atom. The molecule has 100 valence electrons. The second-order valence-corrected chi connectivity index (χ2v) is 5.10. The lowest BCUT2D eigenvalue weighted by Gasteiger charge is -2.35. The molecule has 6 heteroatoms. The fourth-order valence-electron chi connectivity index (χ4n) is 2.75. The molecule has 1 aliphatic carbocycles. The van der Waals surface area contributed by atoms with Crippen LogP contribution in [-0.4, -0.2) is 39.8 Å². The van der Waals surface area contributed by atoms with E-state index in [1.807, 2.05) is 7.05 Å². The summed E-state index contributed by atoms with van der Waals surface area (Å²) < 4.78 is 13.2. The molecule has 6 nitrogen and oxygen atoms in total. The highest BCUT2D eigenvalue weighted by Crippen LogP contribution is 2.35. The van der Waals surface area contributed by atoms with Crippen LogP contribution in [0.2, 0.25) is 0 Å². The molecule has 0 radical (unpaired) electrons. The molecule has 0 aromatic carbocycles. The molecule has 0 amide bonds. The van der Waals surface area contributed by atoms with Crippen molar-refractivity contribution < 1.29 is 9.47 Å². The van der Waals surface area contributed by atoms with Crippen molar-refractivity contribution in [1.82, 2.24) is 20.1 Å². The van der Waals surface area contributed by atoms with Gasteiger partial charge in [-0.2, -0.15) is 5.10 Å². The number of hydrogen-bond donors (Lipinski definition) is 1. The Balaban J connectivity index is 1.45. The van der Waals surface area contributed by atoms with Crippen LogP contribution in [-0.2, 0) is 23.1 Å². The Kier molecular flexibility index (Phi) is 3.32. The van der Waals surface area contributed by atoms with Gasteiger partial charge in [0.15, 0.2) is 11.6 Å². The predicted molar refractivity (Wildman–Crippen MR) is 64.7 cm³/mol. The molecule has 2 aliphatic rings. The van der Waals surface area contributed by atoms with Crippen molar-refractivity contribution in [1.29, 1.82) is 0 Å². The minimum atomic E-state index is -0.262. The topological polar surface area (TPSA) is 61.2 Å². The van der Waals surface area contributed by atoms with Gasteiger partial charge in [0.05, 0.1) is 19.8 Å². The summed E-state index contributed by atoms with van der Waals surface area (Å²) in [6.45, 7) is 2.23. The average Bonchev–Trinajstić information content (AvgIpc) is 2.99. The lowest BCUT2D eigenvalue weighted by atomic mass is 9.90. The fraction of sp³-hybridized carbons (Fsp3) is 0.833. The smallest absolute Gasteiger partial charge is 0.168 e. The molecular weight excluding hydrogens is 232 g/mol. The van der Waals surface area contributed by atoms with Gasteiger partial charge in [-0.15, -0.1) is 0 Å². The Bertz CT molecular complexity index is 391. The van der Waals surface area contributed by atoms with Gasteiger partial charge in [-0.1, -0.05) is 0 Å². The van der Waals surface area contributed by atoms with Crippen LogP contribution >= 0.6 is 0 Å². The van der Waals surface area contributed by atoms with E-state index < -0.39 is 0 Å². The van der Waals surface area contributed by atoms with Crippen LogP contribution in [0, 0.1) is 0 Å². The van der Waals surface area contributed by atoms with E-state index in [1.54, 1.807) is 11.0 Å². The summed E-state index contributed by atoms with van der Waals surface area (Å²) >= 11 is 0. The maximum absolute atomic E-state index is 5.72. The highest BCUT2D eigenvalue weighted by Gasteiger charge is 2.40. The van der Waals surface area contributed by atoms with Crippen molar-refractivity contribution in [2.45, 2.75) is 44.1 Å². The molecule has 0 atom stereocenters. The van der Waals surface area contributed by atoms with E-state index in [1.165, 1.54) is 0 Å². The zero-order valence-corrected chi connectivity index (χ0v) is 10.8. The second-order valence-electron chi connectivity index (χ2n) is 5.10. The maximum Gasteiger partial charge on any atom is 0.168 e. The van der Waals surface area contributed by atoms with E-state index in [0.29, 0.717) is 6.04 Å². The molecule has 1 spiro atoms. The molecule has 0 unspecified atom stereocenters. The first kappa shape index (κ1) is 12.1. The van der Waals surface area contributed by atoms with Crippen LogP contribution in [0.5, 0.6) is 0 Å². The van der Waals surface area contributed by atoms with Gasteiger partial charge in [0.25, 0.3) is 0 Å². The summed E-state index contributed by atoms with van der Waals surface area (Å²) in [7, 11) is 1.88. The number of nitrogens with zero attached hydrogens (tertiary/aromatic N) is 3. The number of ether oxygens (including phenoxy) is 2. The first-order chi connectivity index (χ1) is 8.76. The summed E-state index contributed by atoms with van der Waals surface area (Å²) in [5.41, 5.74) is 0. The number of nitrogens with one attached hydrogen (secondary N) is 1. The van der Waals surface area contributed by atoms with E-state index >= 15 is 0 Å². The van der Waals surface area contributed by atoms with Crippen molar-refractivity contribution in [3.05, 3.63) is 12.2 Å². The summed E-state index contributed by atoms with van der Waals surface area (Å²) in [5.74, 6) is 0.590. The van der Waals surface area contributed by atoms with Crippen LogP contribution in [0.1, 0.15) is 31.5 Å². The van der Waals surface area contributed by atoms with E-state index in [4.69, 9.17) is 9.47 Å². The minimum Gasteiger partial charge on any atom is -0.348 e. The third kappa shape index (κ3) is 2.55. The zero-order valence-electron chi connectivity index (χ0n) is 10.8. The van der Waals surface area contributed by atoms with Crippen molar-refractivity contribution in [2.24, 2.45) is 7.05 Å². The predicted octanol–water partition coefficient (Wildman–Crippen LogP) is 0.590. The molecular formula is C12H20N4O2. The largest absolute Gasteiger partial charge is 0.348 e. The van der Waals surface area contributed by atoms with Gasteiger partial charge < -0.3 is 14.8 Å². The van der Waals surface area contributed by atoms with E-state index in [2.05, 4.69) is 15.4 Å². The first-order valence-electron chi connectivity index (χ1n) is 6.62. The first-order valence-corrected chi connectivity index (χ1v) is 6.62. The fourth-order valence-corrected chi connectivity index (χ4v) is 2.75. The summed E-state index contributed by atoms with van der Waals surface area (Å²) in [6, 6.07) is 0.521. The van der Waals surface area contributed by atoms with Crippen LogP contribution in [0.4, 0.5) is 0 Å². The molecule has 2 heterocycles. The molecule has 1 aromatic rings. The Morgan fingerprint density at radius 2 is 2.11 bits per heavy atom. The lowest BCUT2D eigenvalue weighted by Crippen LogP contribution is -2.41. The molecule has 3 rings (SSSR count). The number of hydrogen-bond acceptors (Lipinski definition) is 5. The molecule has 0 bridgehead atoms. The minimum absolute atomic E-state index is 0.262. The van der Waals surface area contributed by atoms with E-state index in [0.717, 1.165) is 51.3 Å². The van der Waals surface area contributed by atoms with E-state index in [-0.39, 0.29) is 5.79 Å². The maximum atomic E-state index is 5.72. The van der Waals surface area contributed by atoms with Crippen LogP contribution in [0.15, 0.2) is 6.33 Å². The summed E-state index contributed by atoms with van der Waals surface area (Å²) in [5, 5.41) is 7.77. The number of aryl methyl sites for hydroxylation is 1. The molecule has 1 aliphatic heterocycles. The van der Waals surface area contributed by atoms with Crippen LogP contribution in [0.25, 0.3) is 0 Å².